The third kappa shape index (κ3) is 1.56. The minimum absolute atomic E-state index is 0.411. The van der Waals surface area contributed by atoms with Crippen molar-refractivity contribution in [2.24, 2.45) is 0 Å². The molecule has 2 N–H and O–H groups in total. The van der Waals surface area contributed by atoms with Crippen molar-refractivity contribution in [1.82, 2.24) is 4.98 Å². The number of rotatable bonds is 1. The lowest BCUT2D eigenvalue weighted by Crippen LogP contribution is -2.15. The summed E-state index contributed by atoms with van der Waals surface area (Å²) in [5.74, 6) is 2.41. The molecule has 4 nitrogen and oxygen atoms in total. The van der Waals surface area contributed by atoms with Gasteiger partial charge in [-0.1, -0.05) is 0 Å². The molecule has 2 aliphatic rings. The van der Waals surface area contributed by atoms with Crippen LogP contribution >= 0.6 is 23.5 Å². The second-order valence-corrected chi connectivity index (χ2v) is 6.19. The number of thioether (sulfide) groups is 2. The van der Waals surface area contributed by atoms with Gasteiger partial charge in [-0.25, -0.2) is 0 Å². The van der Waals surface area contributed by atoms with E-state index in [1.807, 2.05) is 29.6 Å². The summed E-state index contributed by atoms with van der Waals surface area (Å²) in [5.41, 5.74) is 2.12. The van der Waals surface area contributed by atoms with E-state index >= 15 is 0 Å². The molecule has 3 rings (SSSR count). The molecule has 6 heteroatoms. The van der Waals surface area contributed by atoms with Crippen LogP contribution in [0.25, 0.3) is 0 Å². The number of H-pyrrole nitrogens is 1. The molecule has 1 atom stereocenters. The third-order valence-electron chi connectivity index (χ3n) is 2.68. The Bertz CT molecular complexity index is 463. The van der Waals surface area contributed by atoms with Gasteiger partial charge in [0.2, 0.25) is 0 Å². The van der Waals surface area contributed by atoms with Crippen molar-refractivity contribution in [1.29, 1.82) is 0 Å². The fraction of sp³-hybridized carbons (Fsp3) is 0.400. The number of carbonyl (C=O) groups is 2. The highest BCUT2D eigenvalue weighted by atomic mass is 32.2. The first-order valence-corrected chi connectivity index (χ1v) is 7.24. The Morgan fingerprint density at radius 3 is 2.88 bits per heavy atom. The molecule has 0 aliphatic carbocycles. The zero-order valence-electron chi connectivity index (χ0n) is 8.41. The van der Waals surface area contributed by atoms with E-state index in [2.05, 4.69) is 10.3 Å². The van der Waals surface area contributed by atoms with Gasteiger partial charge >= 0.3 is 0 Å². The second-order valence-electron chi connectivity index (χ2n) is 3.73. The summed E-state index contributed by atoms with van der Waals surface area (Å²) in [5, 5.41) is 2.98. The summed E-state index contributed by atoms with van der Waals surface area (Å²) in [4.78, 5) is 25.6. The zero-order valence-corrected chi connectivity index (χ0v) is 10.0. The maximum Gasteiger partial charge on any atom is 0.298 e. The van der Waals surface area contributed by atoms with E-state index in [0.717, 1.165) is 17.2 Å². The number of Topliss-reactive ketones (excluding diaryl/α,β-unsaturated/α-hetero) is 1. The van der Waals surface area contributed by atoms with Crippen LogP contribution < -0.4 is 5.32 Å². The average Bonchev–Trinajstić information content (AvgIpc) is 2.82. The van der Waals surface area contributed by atoms with Crippen LogP contribution in [-0.4, -0.2) is 33.9 Å². The van der Waals surface area contributed by atoms with E-state index in [-0.39, 0.29) is 0 Å². The first-order chi connectivity index (χ1) is 7.75. The molecule has 1 amide bonds. The Morgan fingerprint density at radius 2 is 2.19 bits per heavy atom. The number of amides is 1. The lowest BCUT2D eigenvalue weighted by atomic mass is 10.3. The van der Waals surface area contributed by atoms with Gasteiger partial charge in [0.05, 0.1) is 10.9 Å². The Balaban J connectivity index is 1.89. The minimum atomic E-state index is -0.529. The lowest BCUT2D eigenvalue weighted by Gasteiger charge is -2.19. The summed E-state index contributed by atoms with van der Waals surface area (Å²) < 4.78 is 0. The molecule has 0 saturated carbocycles. The van der Waals surface area contributed by atoms with Gasteiger partial charge < -0.3 is 10.3 Å². The maximum absolute atomic E-state index is 11.4. The van der Waals surface area contributed by atoms with E-state index in [9.17, 15) is 9.59 Å². The predicted octanol–water partition coefficient (Wildman–Crippen LogP) is 1.67. The van der Waals surface area contributed by atoms with Gasteiger partial charge in [-0.3, -0.25) is 9.59 Å². The SMILES string of the molecule is O=C1Nc2cc(C3CSCCS3)[nH]c2C1=O. The van der Waals surface area contributed by atoms with Crippen molar-refractivity contribution in [3.8, 4) is 0 Å². The molecular weight excluding hydrogens is 244 g/mol. The number of carbonyl (C=O) groups excluding carboxylic acids is 2. The van der Waals surface area contributed by atoms with Gasteiger partial charge in [0.25, 0.3) is 11.7 Å². The van der Waals surface area contributed by atoms with Gasteiger partial charge in [-0.05, 0) is 6.07 Å². The molecule has 0 radical (unpaired) electrons. The lowest BCUT2D eigenvalue weighted by molar-refractivity contribution is -0.112. The molecule has 1 aromatic heterocycles. The molecule has 84 valence electrons. The Hall–Kier alpha value is -0.880. The minimum Gasteiger partial charge on any atom is -0.353 e. The van der Waals surface area contributed by atoms with Crippen LogP contribution in [0.5, 0.6) is 0 Å². The molecule has 16 heavy (non-hydrogen) atoms. The van der Waals surface area contributed by atoms with Crippen LogP contribution in [0, 0.1) is 0 Å². The smallest absolute Gasteiger partial charge is 0.298 e. The highest BCUT2D eigenvalue weighted by molar-refractivity contribution is 8.06. The highest BCUT2D eigenvalue weighted by Gasteiger charge is 2.32. The monoisotopic (exact) mass is 254 g/mol. The third-order valence-corrected chi connectivity index (χ3v) is 5.48. The Morgan fingerprint density at radius 1 is 1.31 bits per heavy atom. The van der Waals surface area contributed by atoms with Gasteiger partial charge in [-0.15, -0.1) is 0 Å². The van der Waals surface area contributed by atoms with Crippen molar-refractivity contribution >= 4 is 40.9 Å². The van der Waals surface area contributed by atoms with Gasteiger partial charge in [0, 0.05) is 23.0 Å². The van der Waals surface area contributed by atoms with Gasteiger partial charge in [0.1, 0.15) is 5.69 Å². The van der Waals surface area contributed by atoms with E-state index in [4.69, 9.17) is 0 Å². The molecule has 1 fully saturated rings. The number of hydrogen-bond acceptors (Lipinski definition) is 4. The number of hydrogen-bond donors (Lipinski definition) is 2. The van der Waals surface area contributed by atoms with Crippen LogP contribution in [0.4, 0.5) is 5.69 Å². The molecule has 2 aliphatic heterocycles. The number of nitrogens with one attached hydrogen (secondary N) is 2. The predicted molar refractivity (Wildman–Crippen MR) is 66.3 cm³/mol. The molecule has 1 saturated heterocycles. The number of aromatic amines is 1. The summed E-state index contributed by atoms with van der Waals surface area (Å²) in [7, 11) is 0. The Labute approximate surface area is 101 Å². The first-order valence-electron chi connectivity index (χ1n) is 5.03. The van der Waals surface area contributed by atoms with Gasteiger partial charge in [0.15, 0.2) is 0 Å². The Kier molecular flexibility index (Phi) is 2.48. The largest absolute Gasteiger partial charge is 0.353 e. The standard InChI is InChI=1S/C10H10N2O2S2/c13-9-8-6(12-10(9)14)3-5(11-8)7-4-15-1-2-16-7/h3,7,11H,1-2,4H2,(H,12,13,14). The molecular formula is C10H10N2O2S2. The van der Waals surface area contributed by atoms with E-state index in [1.165, 1.54) is 5.75 Å². The van der Waals surface area contributed by atoms with E-state index in [1.54, 1.807) is 0 Å². The molecule has 1 aromatic rings. The number of ketones is 1. The fourth-order valence-corrected chi connectivity index (χ4v) is 4.57. The molecule has 0 aromatic carbocycles. The highest BCUT2D eigenvalue weighted by Crippen LogP contribution is 2.38. The van der Waals surface area contributed by atoms with E-state index in [0.29, 0.717) is 16.6 Å². The number of aromatic nitrogens is 1. The average molecular weight is 254 g/mol. The summed E-state index contributed by atoms with van der Waals surface area (Å²) in [6, 6.07) is 1.89. The zero-order chi connectivity index (χ0) is 11.1. The summed E-state index contributed by atoms with van der Waals surface area (Å²) in [6.07, 6.45) is 0. The van der Waals surface area contributed by atoms with Gasteiger partial charge in [-0.2, -0.15) is 23.5 Å². The van der Waals surface area contributed by atoms with Crippen molar-refractivity contribution < 1.29 is 9.59 Å². The quantitative estimate of drug-likeness (QED) is 0.748. The van der Waals surface area contributed by atoms with Crippen LogP contribution in [-0.2, 0) is 4.79 Å². The van der Waals surface area contributed by atoms with Crippen LogP contribution in [0.15, 0.2) is 6.07 Å². The van der Waals surface area contributed by atoms with E-state index < -0.39 is 11.7 Å². The molecule has 0 bridgehead atoms. The number of fused-ring (bicyclic) bond motifs is 1. The van der Waals surface area contributed by atoms with Crippen molar-refractivity contribution in [3.05, 3.63) is 17.5 Å². The second kappa shape index (κ2) is 3.85. The normalized spacial score (nSPS) is 24.4. The van der Waals surface area contributed by atoms with Crippen molar-refractivity contribution in [2.45, 2.75) is 5.25 Å². The molecule has 0 spiro atoms. The maximum atomic E-state index is 11.4. The summed E-state index contributed by atoms with van der Waals surface area (Å²) in [6.45, 7) is 0. The summed E-state index contributed by atoms with van der Waals surface area (Å²) >= 11 is 3.83. The van der Waals surface area contributed by atoms with Crippen molar-refractivity contribution in [2.75, 3.05) is 22.6 Å². The van der Waals surface area contributed by atoms with Crippen molar-refractivity contribution in [3.63, 3.8) is 0 Å². The topological polar surface area (TPSA) is 62.0 Å². The van der Waals surface area contributed by atoms with Crippen LogP contribution in [0.1, 0.15) is 21.4 Å². The van der Waals surface area contributed by atoms with Crippen LogP contribution in [0.2, 0.25) is 0 Å². The first kappa shape index (κ1) is 10.3. The van der Waals surface area contributed by atoms with Crippen LogP contribution in [0.3, 0.4) is 0 Å². The molecule has 1 unspecified atom stereocenters. The number of anilines is 1. The molecule has 3 heterocycles. The fourth-order valence-electron chi connectivity index (χ4n) is 1.89.